The molecule has 0 aromatic heterocycles. The second-order valence-electron chi connectivity index (χ2n) is 5.87. The van der Waals surface area contributed by atoms with Crippen molar-refractivity contribution in [3.63, 3.8) is 0 Å². The number of rotatable bonds is 6. The van der Waals surface area contributed by atoms with Gasteiger partial charge in [0.05, 0.1) is 16.8 Å². The Labute approximate surface area is 147 Å². The first kappa shape index (κ1) is 18.4. The van der Waals surface area contributed by atoms with Crippen molar-refractivity contribution in [2.75, 3.05) is 12.4 Å². The van der Waals surface area contributed by atoms with Crippen LogP contribution in [0.1, 0.15) is 25.0 Å². The molecule has 1 N–H and O–H groups in total. The van der Waals surface area contributed by atoms with Crippen molar-refractivity contribution in [3.05, 3.63) is 64.4 Å². The number of hydrogen-bond acceptors (Lipinski definition) is 2. The fourth-order valence-corrected chi connectivity index (χ4v) is 2.55. The lowest BCUT2D eigenvalue weighted by atomic mass is 10.1. The summed E-state index contributed by atoms with van der Waals surface area (Å²) in [4.78, 5) is 14.3. The molecule has 128 valence electrons. The van der Waals surface area contributed by atoms with Crippen molar-refractivity contribution >= 4 is 23.2 Å². The standard InChI is InChI=1S/C19H22ClFN2O/c1-4-14-5-7-15(8-6-14)12-23(3)13(2)19(24)22-18-10-9-16(21)11-17(18)20/h5-11,13H,4,12H2,1-3H3,(H,22,24). The number of aryl methyl sites for hydroxylation is 1. The Morgan fingerprint density at radius 3 is 2.42 bits per heavy atom. The van der Waals surface area contributed by atoms with Crippen molar-refractivity contribution in [1.29, 1.82) is 0 Å². The smallest absolute Gasteiger partial charge is 0.241 e. The van der Waals surface area contributed by atoms with E-state index in [0.29, 0.717) is 12.2 Å². The highest BCUT2D eigenvalue weighted by Crippen LogP contribution is 2.23. The van der Waals surface area contributed by atoms with E-state index in [1.54, 1.807) is 0 Å². The molecule has 3 nitrogen and oxygen atoms in total. The molecule has 0 heterocycles. The number of likely N-dealkylation sites (N-methyl/N-ethyl adjacent to an activating group) is 1. The van der Waals surface area contributed by atoms with E-state index in [2.05, 4.69) is 36.5 Å². The second kappa shape index (κ2) is 8.27. The number of hydrogen-bond donors (Lipinski definition) is 1. The molecule has 1 atom stereocenters. The zero-order valence-corrected chi connectivity index (χ0v) is 14.9. The highest BCUT2D eigenvalue weighted by Gasteiger charge is 2.19. The normalized spacial score (nSPS) is 12.2. The van der Waals surface area contributed by atoms with Gasteiger partial charge in [0.15, 0.2) is 0 Å². The van der Waals surface area contributed by atoms with Crippen LogP contribution in [-0.4, -0.2) is 23.9 Å². The van der Waals surface area contributed by atoms with Gasteiger partial charge in [0.25, 0.3) is 0 Å². The minimum absolute atomic E-state index is 0.184. The zero-order valence-electron chi connectivity index (χ0n) is 14.1. The van der Waals surface area contributed by atoms with Crippen LogP contribution in [0.4, 0.5) is 10.1 Å². The number of carbonyl (C=O) groups excluding carboxylic acids is 1. The number of amides is 1. The van der Waals surface area contributed by atoms with Gasteiger partial charge in [0.1, 0.15) is 5.82 Å². The first-order chi connectivity index (χ1) is 11.4. The molecule has 2 rings (SSSR count). The number of nitrogens with one attached hydrogen (secondary N) is 1. The van der Waals surface area contributed by atoms with Gasteiger partial charge in [-0.15, -0.1) is 0 Å². The van der Waals surface area contributed by atoms with Crippen LogP contribution in [0, 0.1) is 5.82 Å². The summed E-state index contributed by atoms with van der Waals surface area (Å²) in [5.74, 6) is -0.616. The molecule has 0 bridgehead atoms. The molecule has 1 unspecified atom stereocenters. The third kappa shape index (κ3) is 4.79. The highest BCUT2D eigenvalue weighted by molar-refractivity contribution is 6.33. The summed E-state index contributed by atoms with van der Waals surface area (Å²) in [6, 6.07) is 11.9. The van der Waals surface area contributed by atoms with Gasteiger partial charge < -0.3 is 5.32 Å². The SMILES string of the molecule is CCc1ccc(CN(C)C(C)C(=O)Nc2ccc(F)cc2Cl)cc1. The predicted octanol–water partition coefficient (Wildman–Crippen LogP) is 4.50. The van der Waals surface area contributed by atoms with E-state index in [1.807, 2.05) is 18.9 Å². The van der Waals surface area contributed by atoms with Gasteiger partial charge >= 0.3 is 0 Å². The molecule has 0 aliphatic carbocycles. The monoisotopic (exact) mass is 348 g/mol. The van der Waals surface area contributed by atoms with E-state index in [1.165, 1.54) is 23.8 Å². The molecule has 0 aliphatic rings. The summed E-state index contributed by atoms with van der Waals surface area (Å²) in [6.07, 6.45) is 1.01. The third-order valence-corrected chi connectivity index (χ3v) is 4.41. The minimum Gasteiger partial charge on any atom is -0.323 e. The third-order valence-electron chi connectivity index (χ3n) is 4.09. The number of carbonyl (C=O) groups is 1. The van der Waals surface area contributed by atoms with E-state index in [-0.39, 0.29) is 17.0 Å². The van der Waals surface area contributed by atoms with Crippen LogP contribution < -0.4 is 5.32 Å². The summed E-state index contributed by atoms with van der Waals surface area (Å²) in [5.41, 5.74) is 2.85. The maximum absolute atomic E-state index is 13.1. The van der Waals surface area contributed by atoms with Crippen molar-refractivity contribution in [3.8, 4) is 0 Å². The lowest BCUT2D eigenvalue weighted by molar-refractivity contribution is -0.120. The molecule has 0 spiro atoms. The van der Waals surface area contributed by atoms with Crippen molar-refractivity contribution in [2.45, 2.75) is 32.9 Å². The first-order valence-electron chi connectivity index (χ1n) is 7.94. The van der Waals surface area contributed by atoms with Crippen LogP contribution in [0.25, 0.3) is 0 Å². The van der Waals surface area contributed by atoms with E-state index in [0.717, 1.165) is 12.0 Å². The molecule has 1 amide bonds. The van der Waals surface area contributed by atoms with Gasteiger partial charge in [-0.3, -0.25) is 9.69 Å². The fraction of sp³-hybridized carbons (Fsp3) is 0.316. The number of anilines is 1. The summed E-state index contributed by atoms with van der Waals surface area (Å²) in [5, 5.41) is 2.93. The Morgan fingerprint density at radius 2 is 1.83 bits per heavy atom. The largest absolute Gasteiger partial charge is 0.323 e. The van der Waals surface area contributed by atoms with Crippen molar-refractivity contribution < 1.29 is 9.18 Å². The molecular formula is C19H22ClFN2O. The molecule has 0 saturated heterocycles. The Morgan fingerprint density at radius 1 is 1.21 bits per heavy atom. The number of nitrogens with zero attached hydrogens (tertiary/aromatic N) is 1. The Hall–Kier alpha value is -1.91. The molecular weight excluding hydrogens is 327 g/mol. The molecule has 0 radical (unpaired) electrons. The van der Waals surface area contributed by atoms with Gasteiger partial charge in [-0.2, -0.15) is 0 Å². The zero-order chi connectivity index (χ0) is 17.7. The molecule has 0 fully saturated rings. The van der Waals surface area contributed by atoms with Crippen LogP contribution in [0.2, 0.25) is 5.02 Å². The van der Waals surface area contributed by atoms with Crippen LogP contribution >= 0.6 is 11.6 Å². The second-order valence-corrected chi connectivity index (χ2v) is 6.28. The van der Waals surface area contributed by atoms with Gasteiger partial charge in [-0.25, -0.2) is 4.39 Å². The number of benzene rings is 2. The Bertz CT molecular complexity index is 703. The average Bonchev–Trinajstić information content (AvgIpc) is 2.57. The molecule has 2 aromatic rings. The Kier molecular flexibility index (Phi) is 6.35. The van der Waals surface area contributed by atoms with Gasteiger partial charge in [-0.05, 0) is 49.7 Å². The first-order valence-corrected chi connectivity index (χ1v) is 8.32. The summed E-state index contributed by atoms with van der Waals surface area (Å²) in [6.45, 7) is 4.61. The van der Waals surface area contributed by atoms with Crippen LogP contribution in [0.5, 0.6) is 0 Å². The quantitative estimate of drug-likeness (QED) is 0.833. The lowest BCUT2D eigenvalue weighted by Gasteiger charge is -2.24. The average molecular weight is 349 g/mol. The molecule has 0 saturated carbocycles. The van der Waals surface area contributed by atoms with E-state index >= 15 is 0 Å². The highest BCUT2D eigenvalue weighted by atomic mass is 35.5. The maximum Gasteiger partial charge on any atom is 0.241 e. The Balaban J connectivity index is 1.98. The number of halogens is 2. The minimum atomic E-state index is -0.432. The summed E-state index contributed by atoms with van der Waals surface area (Å²) >= 11 is 5.95. The summed E-state index contributed by atoms with van der Waals surface area (Å²) in [7, 11) is 1.89. The van der Waals surface area contributed by atoms with Crippen LogP contribution in [0.15, 0.2) is 42.5 Å². The van der Waals surface area contributed by atoms with Crippen molar-refractivity contribution in [1.82, 2.24) is 4.90 Å². The molecule has 0 aliphatic heterocycles. The topological polar surface area (TPSA) is 32.3 Å². The molecule has 24 heavy (non-hydrogen) atoms. The van der Waals surface area contributed by atoms with Gasteiger partial charge in [0, 0.05) is 6.54 Å². The van der Waals surface area contributed by atoms with Crippen LogP contribution in [-0.2, 0) is 17.8 Å². The summed E-state index contributed by atoms with van der Waals surface area (Å²) < 4.78 is 13.1. The predicted molar refractivity (Wildman–Crippen MR) is 96.8 cm³/mol. The van der Waals surface area contributed by atoms with Crippen molar-refractivity contribution in [2.24, 2.45) is 0 Å². The van der Waals surface area contributed by atoms with Gasteiger partial charge in [0.2, 0.25) is 5.91 Å². The van der Waals surface area contributed by atoms with E-state index < -0.39 is 5.82 Å². The van der Waals surface area contributed by atoms with E-state index in [9.17, 15) is 9.18 Å². The lowest BCUT2D eigenvalue weighted by Crippen LogP contribution is -2.39. The van der Waals surface area contributed by atoms with E-state index in [4.69, 9.17) is 11.6 Å². The van der Waals surface area contributed by atoms with Crippen LogP contribution in [0.3, 0.4) is 0 Å². The maximum atomic E-state index is 13.1. The molecule has 2 aromatic carbocycles. The van der Waals surface area contributed by atoms with Gasteiger partial charge in [-0.1, -0.05) is 42.8 Å². The fourth-order valence-electron chi connectivity index (χ4n) is 2.33. The molecule has 5 heteroatoms.